The number of benzene rings is 1. The average molecular weight is 258 g/mol. The minimum Gasteiger partial charge on any atom is -0.295 e. The van der Waals surface area contributed by atoms with E-state index in [1.54, 1.807) is 13.0 Å². The molecule has 0 aliphatic carbocycles. The predicted octanol–water partition coefficient (Wildman–Crippen LogP) is 5.27. The third kappa shape index (κ3) is 6.95. The quantitative estimate of drug-likeness (QED) is 0.502. The van der Waals surface area contributed by atoms with Gasteiger partial charge in [-0.1, -0.05) is 57.5 Å². The van der Waals surface area contributed by atoms with E-state index in [2.05, 4.69) is 32.9 Å². The summed E-state index contributed by atoms with van der Waals surface area (Å²) in [6.45, 7) is 8.45. The van der Waals surface area contributed by atoms with Crippen LogP contribution in [-0.4, -0.2) is 5.78 Å². The summed E-state index contributed by atoms with van der Waals surface area (Å²) >= 11 is 0. The van der Waals surface area contributed by atoms with Crippen LogP contribution in [0.1, 0.15) is 58.9 Å². The molecule has 1 heteroatoms. The Bertz CT molecular complexity index is 421. The second kappa shape index (κ2) is 7.28. The lowest BCUT2D eigenvalue weighted by Gasteiger charge is -2.17. The highest BCUT2D eigenvalue weighted by molar-refractivity contribution is 5.95. The van der Waals surface area contributed by atoms with Crippen molar-refractivity contribution in [1.29, 1.82) is 0 Å². The van der Waals surface area contributed by atoms with Crippen LogP contribution < -0.4 is 0 Å². The number of unbranched alkanes of at least 4 members (excludes halogenated alkanes) is 1. The summed E-state index contributed by atoms with van der Waals surface area (Å²) in [5.41, 5.74) is 2.74. The van der Waals surface area contributed by atoms with Crippen LogP contribution in [0, 0.1) is 5.41 Å². The largest absolute Gasteiger partial charge is 0.295 e. The number of allylic oxidation sites excluding steroid dienone is 2. The van der Waals surface area contributed by atoms with E-state index >= 15 is 0 Å². The maximum atomic E-state index is 11.3. The van der Waals surface area contributed by atoms with Crippen molar-refractivity contribution in [3.63, 3.8) is 0 Å². The van der Waals surface area contributed by atoms with Crippen molar-refractivity contribution in [1.82, 2.24) is 0 Å². The van der Waals surface area contributed by atoms with Crippen molar-refractivity contribution in [2.45, 2.75) is 53.4 Å². The highest BCUT2D eigenvalue weighted by atomic mass is 16.1. The van der Waals surface area contributed by atoms with Gasteiger partial charge in [-0.15, -0.1) is 0 Å². The van der Waals surface area contributed by atoms with Crippen LogP contribution in [0.25, 0.3) is 5.57 Å². The summed E-state index contributed by atoms with van der Waals surface area (Å²) in [5.74, 6) is 0.134. The maximum Gasteiger partial charge on any atom is 0.152 e. The van der Waals surface area contributed by atoms with Crippen LogP contribution in [0.5, 0.6) is 0 Å². The number of hydrogen-bond donors (Lipinski definition) is 0. The van der Waals surface area contributed by atoms with Crippen molar-refractivity contribution in [2.24, 2.45) is 5.41 Å². The Labute approximate surface area is 117 Å². The summed E-state index contributed by atoms with van der Waals surface area (Å²) in [7, 11) is 0. The first-order valence-corrected chi connectivity index (χ1v) is 7.15. The minimum atomic E-state index is 0.134. The molecular weight excluding hydrogens is 232 g/mol. The summed E-state index contributed by atoms with van der Waals surface area (Å²) in [4.78, 5) is 11.3. The third-order valence-electron chi connectivity index (χ3n) is 3.14. The monoisotopic (exact) mass is 258 g/mol. The van der Waals surface area contributed by atoms with E-state index in [9.17, 15) is 4.79 Å². The zero-order chi connectivity index (χ0) is 14.3. The fraction of sp³-hybridized carbons (Fsp3) is 0.500. The predicted molar refractivity (Wildman–Crippen MR) is 83.0 cm³/mol. The van der Waals surface area contributed by atoms with Gasteiger partial charge in [0.2, 0.25) is 0 Å². The fourth-order valence-corrected chi connectivity index (χ4v) is 2.17. The lowest BCUT2D eigenvalue weighted by Crippen LogP contribution is -2.04. The number of hydrogen-bond acceptors (Lipinski definition) is 1. The van der Waals surface area contributed by atoms with Gasteiger partial charge in [0, 0.05) is 0 Å². The normalized spacial score (nSPS) is 12.5. The zero-order valence-electron chi connectivity index (χ0n) is 12.7. The highest BCUT2D eigenvalue weighted by Crippen LogP contribution is 2.25. The van der Waals surface area contributed by atoms with Crippen molar-refractivity contribution in [3.05, 3.63) is 42.0 Å². The van der Waals surface area contributed by atoms with Crippen molar-refractivity contribution in [2.75, 3.05) is 0 Å². The third-order valence-corrected chi connectivity index (χ3v) is 3.14. The first-order chi connectivity index (χ1) is 8.88. The Morgan fingerprint density at radius 1 is 1.11 bits per heavy atom. The van der Waals surface area contributed by atoms with Gasteiger partial charge in [0.1, 0.15) is 0 Å². The highest BCUT2D eigenvalue weighted by Gasteiger charge is 2.10. The van der Waals surface area contributed by atoms with Crippen molar-refractivity contribution < 1.29 is 4.79 Å². The molecule has 0 amide bonds. The molecule has 1 aromatic rings. The Morgan fingerprint density at radius 2 is 1.74 bits per heavy atom. The average Bonchev–Trinajstić information content (AvgIpc) is 2.32. The van der Waals surface area contributed by atoms with E-state index in [4.69, 9.17) is 0 Å². The molecule has 0 aliphatic rings. The molecule has 0 atom stereocenters. The molecule has 19 heavy (non-hydrogen) atoms. The van der Waals surface area contributed by atoms with Gasteiger partial charge in [0.15, 0.2) is 5.78 Å². The van der Waals surface area contributed by atoms with E-state index in [1.165, 1.54) is 24.0 Å². The summed E-state index contributed by atoms with van der Waals surface area (Å²) in [6, 6.07) is 10.2. The maximum absolute atomic E-state index is 11.3. The molecule has 0 heterocycles. The fourth-order valence-electron chi connectivity index (χ4n) is 2.17. The molecule has 0 saturated carbocycles. The van der Waals surface area contributed by atoms with Gasteiger partial charge in [0.25, 0.3) is 0 Å². The van der Waals surface area contributed by atoms with Crippen LogP contribution in [0.15, 0.2) is 36.4 Å². The summed E-state index contributed by atoms with van der Waals surface area (Å²) in [5, 5.41) is 0. The smallest absolute Gasteiger partial charge is 0.152 e. The molecule has 104 valence electrons. The van der Waals surface area contributed by atoms with E-state index in [1.807, 2.05) is 18.2 Å². The number of carbonyl (C=O) groups excluding carboxylic acids is 1. The van der Waals surface area contributed by atoms with Crippen molar-refractivity contribution >= 4 is 11.4 Å². The standard InChI is InChI=1S/C18H26O/c1-15(19)14-17(16-10-6-5-7-11-16)12-8-9-13-18(2,3)4/h5-7,10-11,14H,8-9,12-13H2,1-4H3/b17-14+. The van der Waals surface area contributed by atoms with Crippen LogP contribution >= 0.6 is 0 Å². The lowest BCUT2D eigenvalue weighted by atomic mass is 9.88. The van der Waals surface area contributed by atoms with E-state index in [-0.39, 0.29) is 5.78 Å². The van der Waals surface area contributed by atoms with Crippen LogP contribution in [0.2, 0.25) is 0 Å². The molecule has 1 nitrogen and oxygen atoms in total. The van der Waals surface area contributed by atoms with E-state index < -0.39 is 0 Å². The summed E-state index contributed by atoms with van der Waals surface area (Å²) < 4.78 is 0. The van der Waals surface area contributed by atoms with Gasteiger partial charge in [-0.2, -0.15) is 0 Å². The number of rotatable bonds is 6. The lowest BCUT2D eigenvalue weighted by molar-refractivity contribution is -0.112. The van der Waals surface area contributed by atoms with Gasteiger partial charge >= 0.3 is 0 Å². The SMILES string of the molecule is CC(=O)/C=C(\CCCCC(C)(C)C)c1ccccc1. The second-order valence-corrected chi connectivity index (χ2v) is 6.41. The first kappa shape index (κ1) is 15.7. The molecule has 0 aromatic heterocycles. The first-order valence-electron chi connectivity index (χ1n) is 7.15. The Morgan fingerprint density at radius 3 is 2.26 bits per heavy atom. The molecule has 0 N–H and O–H groups in total. The van der Waals surface area contributed by atoms with E-state index in [0.29, 0.717) is 5.41 Å². The van der Waals surface area contributed by atoms with E-state index in [0.717, 1.165) is 12.8 Å². The van der Waals surface area contributed by atoms with Crippen LogP contribution in [0.4, 0.5) is 0 Å². The van der Waals surface area contributed by atoms with Crippen LogP contribution in [-0.2, 0) is 4.79 Å². The Kier molecular flexibility index (Phi) is 6.01. The molecule has 0 fully saturated rings. The Hall–Kier alpha value is -1.37. The Balaban J connectivity index is 2.61. The molecule has 0 saturated heterocycles. The van der Waals surface area contributed by atoms with Gasteiger partial charge in [0.05, 0.1) is 0 Å². The minimum absolute atomic E-state index is 0.134. The van der Waals surface area contributed by atoms with Gasteiger partial charge in [-0.25, -0.2) is 0 Å². The molecule has 0 radical (unpaired) electrons. The summed E-state index contributed by atoms with van der Waals surface area (Å²) in [6.07, 6.45) is 6.36. The van der Waals surface area contributed by atoms with Crippen molar-refractivity contribution in [3.8, 4) is 0 Å². The molecule has 1 rings (SSSR count). The van der Waals surface area contributed by atoms with Gasteiger partial charge in [-0.3, -0.25) is 4.79 Å². The number of ketones is 1. The van der Waals surface area contributed by atoms with Gasteiger partial charge in [-0.05, 0) is 48.8 Å². The second-order valence-electron chi connectivity index (χ2n) is 6.41. The number of carbonyl (C=O) groups is 1. The molecule has 0 aliphatic heterocycles. The zero-order valence-corrected chi connectivity index (χ0v) is 12.7. The topological polar surface area (TPSA) is 17.1 Å². The molecule has 0 unspecified atom stereocenters. The molecule has 1 aromatic carbocycles. The van der Waals surface area contributed by atoms with Gasteiger partial charge < -0.3 is 0 Å². The molecular formula is C18H26O. The molecule has 0 spiro atoms. The molecule has 0 bridgehead atoms. The van der Waals surface area contributed by atoms with Crippen LogP contribution in [0.3, 0.4) is 0 Å².